The van der Waals surface area contributed by atoms with Crippen LogP contribution in [0.25, 0.3) is 11.2 Å². The Labute approximate surface area is 172 Å². The molecule has 10 heteroatoms. The molecule has 4 rings (SSSR count). The van der Waals surface area contributed by atoms with E-state index < -0.39 is 12.2 Å². The largest absolute Gasteiger partial charge is 0.389 e. The molecule has 3 aromatic rings. The van der Waals surface area contributed by atoms with Crippen LogP contribution in [0.1, 0.15) is 10.9 Å². The van der Waals surface area contributed by atoms with Gasteiger partial charge in [-0.25, -0.2) is 4.98 Å². The standard InChI is InChI=1S/C16H15ClIN5O2S/c17-16-21-13(19-5-8-2-1-3-9(18)4-8)11-14(22-16)23(7-20-11)15-12(25)10(24)6-26-15/h1-4,7,10,12,15,24-25H,5-6H2,(H,19,21,22)/t10-,12-,15+/m0/s1. The quantitative estimate of drug-likeness (QED) is 0.372. The highest BCUT2D eigenvalue weighted by Crippen LogP contribution is 2.38. The molecule has 0 bridgehead atoms. The summed E-state index contributed by atoms with van der Waals surface area (Å²) in [7, 11) is 0. The van der Waals surface area contributed by atoms with Gasteiger partial charge in [0.2, 0.25) is 5.28 Å². The van der Waals surface area contributed by atoms with Crippen LogP contribution in [0, 0.1) is 3.57 Å². The summed E-state index contributed by atoms with van der Waals surface area (Å²) >= 11 is 9.83. The number of hydrogen-bond donors (Lipinski definition) is 3. The number of anilines is 1. The van der Waals surface area contributed by atoms with Crippen LogP contribution >= 0.6 is 46.0 Å². The van der Waals surface area contributed by atoms with E-state index in [1.54, 1.807) is 10.9 Å². The fourth-order valence-electron chi connectivity index (χ4n) is 2.86. The average Bonchev–Trinajstić information content (AvgIpc) is 3.17. The van der Waals surface area contributed by atoms with Crippen molar-refractivity contribution < 1.29 is 10.2 Å². The average molecular weight is 504 g/mol. The Bertz CT molecular complexity index is 956. The molecule has 1 saturated heterocycles. The Hall–Kier alpha value is -1.14. The molecule has 1 aliphatic heterocycles. The van der Waals surface area contributed by atoms with Gasteiger partial charge in [-0.3, -0.25) is 4.57 Å². The highest BCUT2D eigenvalue weighted by molar-refractivity contribution is 14.1. The fourth-order valence-corrected chi connectivity index (χ4v) is 4.92. The highest BCUT2D eigenvalue weighted by Gasteiger charge is 2.36. The van der Waals surface area contributed by atoms with Crippen LogP contribution in [0.15, 0.2) is 30.6 Å². The molecule has 3 atom stereocenters. The number of aliphatic hydroxyl groups excluding tert-OH is 2. The Kier molecular flexibility index (Phi) is 5.24. The smallest absolute Gasteiger partial charge is 0.226 e. The maximum atomic E-state index is 10.2. The van der Waals surface area contributed by atoms with E-state index in [2.05, 4.69) is 48.9 Å². The minimum absolute atomic E-state index is 0.0995. The lowest BCUT2D eigenvalue weighted by atomic mass is 10.2. The molecule has 0 aliphatic carbocycles. The zero-order chi connectivity index (χ0) is 18.3. The molecule has 3 N–H and O–H groups in total. The van der Waals surface area contributed by atoms with Crippen LogP contribution in [-0.2, 0) is 6.54 Å². The van der Waals surface area contributed by atoms with E-state index in [1.807, 2.05) is 18.2 Å². The second-order valence-corrected chi connectivity index (χ2v) is 8.66. The maximum absolute atomic E-state index is 10.2. The van der Waals surface area contributed by atoms with Crippen molar-refractivity contribution in [3.63, 3.8) is 0 Å². The number of hydrogen-bond acceptors (Lipinski definition) is 7. The van der Waals surface area contributed by atoms with Crippen molar-refractivity contribution >= 4 is 62.9 Å². The monoisotopic (exact) mass is 503 g/mol. The molecule has 7 nitrogen and oxygen atoms in total. The SMILES string of the molecule is O[C@@H]1[C@H](n2cnc3c(NCc4cccc(I)c4)nc(Cl)nc32)SC[C@@H]1O. The normalized spacial score (nSPS) is 22.8. The van der Waals surface area contributed by atoms with Crippen molar-refractivity contribution in [2.75, 3.05) is 11.1 Å². The summed E-state index contributed by atoms with van der Waals surface area (Å²) in [6.45, 7) is 0.575. The molecule has 1 fully saturated rings. The van der Waals surface area contributed by atoms with Gasteiger partial charge in [0.1, 0.15) is 11.5 Å². The zero-order valence-electron chi connectivity index (χ0n) is 13.4. The van der Waals surface area contributed by atoms with Crippen LogP contribution in [0.2, 0.25) is 5.28 Å². The van der Waals surface area contributed by atoms with Gasteiger partial charge in [-0.15, -0.1) is 11.8 Å². The van der Waals surface area contributed by atoms with Crippen molar-refractivity contribution in [2.24, 2.45) is 0 Å². The lowest BCUT2D eigenvalue weighted by molar-refractivity contribution is 0.0313. The first-order chi connectivity index (χ1) is 12.5. The van der Waals surface area contributed by atoms with Gasteiger partial charge in [-0.05, 0) is 51.9 Å². The Morgan fingerprint density at radius 1 is 1.35 bits per heavy atom. The second-order valence-electron chi connectivity index (χ2n) is 5.93. The summed E-state index contributed by atoms with van der Waals surface area (Å²) in [6.07, 6.45) is -0.0440. The first kappa shape index (κ1) is 18.2. The number of benzene rings is 1. The Balaban J connectivity index is 1.66. The third-order valence-corrected chi connectivity index (χ3v) is 6.36. The van der Waals surface area contributed by atoms with Crippen LogP contribution in [-0.4, -0.2) is 47.7 Å². The predicted molar refractivity (Wildman–Crippen MR) is 110 cm³/mol. The number of nitrogens with zero attached hydrogens (tertiary/aromatic N) is 4. The number of nitrogens with one attached hydrogen (secondary N) is 1. The van der Waals surface area contributed by atoms with Crippen molar-refractivity contribution in [3.8, 4) is 0 Å². The summed E-state index contributed by atoms with van der Waals surface area (Å²) in [5.74, 6) is 0.998. The lowest BCUT2D eigenvalue weighted by Gasteiger charge is -2.17. The Morgan fingerprint density at radius 2 is 2.19 bits per heavy atom. The molecular weight excluding hydrogens is 489 g/mol. The van der Waals surface area contributed by atoms with Gasteiger partial charge in [0.25, 0.3) is 0 Å². The number of thioether (sulfide) groups is 1. The van der Waals surface area contributed by atoms with E-state index >= 15 is 0 Å². The number of aromatic nitrogens is 4. The molecule has 0 radical (unpaired) electrons. The fraction of sp³-hybridized carbons (Fsp3) is 0.312. The van der Waals surface area contributed by atoms with E-state index in [1.165, 1.54) is 11.8 Å². The third kappa shape index (κ3) is 3.50. The topological polar surface area (TPSA) is 96.1 Å². The molecule has 136 valence electrons. The second kappa shape index (κ2) is 7.47. The van der Waals surface area contributed by atoms with Gasteiger partial charge in [0, 0.05) is 15.9 Å². The number of halogens is 2. The molecule has 0 spiro atoms. The molecule has 2 aromatic heterocycles. The van der Waals surface area contributed by atoms with E-state index in [4.69, 9.17) is 11.6 Å². The summed E-state index contributed by atoms with van der Waals surface area (Å²) in [4.78, 5) is 12.9. The number of aliphatic hydroxyl groups is 2. The van der Waals surface area contributed by atoms with Gasteiger partial charge in [-0.2, -0.15) is 9.97 Å². The van der Waals surface area contributed by atoms with Gasteiger partial charge in [0.15, 0.2) is 17.0 Å². The molecule has 3 heterocycles. The van der Waals surface area contributed by atoms with Crippen molar-refractivity contribution in [3.05, 3.63) is 45.0 Å². The minimum atomic E-state index is -0.881. The summed E-state index contributed by atoms with van der Waals surface area (Å²) in [5.41, 5.74) is 2.22. The molecule has 26 heavy (non-hydrogen) atoms. The van der Waals surface area contributed by atoms with Gasteiger partial charge in [0.05, 0.1) is 12.4 Å². The first-order valence-electron chi connectivity index (χ1n) is 7.89. The number of rotatable bonds is 4. The molecule has 1 aliphatic rings. The maximum Gasteiger partial charge on any atom is 0.226 e. The summed E-state index contributed by atoms with van der Waals surface area (Å²) in [6, 6.07) is 8.14. The molecule has 1 aromatic carbocycles. The van der Waals surface area contributed by atoms with Crippen molar-refractivity contribution in [2.45, 2.75) is 24.1 Å². The molecule has 0 unspecified atom stereocenters. The summed E-state index contributed by atoms with van der Waals surface area (Å²) < 4.78 is 2.90. The zero-order valence-corrected chi connectivity index (χ0v) is 17.1. The van der Waals surface area contributed by atoms with Gasteiger partial charge >= 0.3 is 0 Å². The Morgan fingerprint density at radius 3 is 2.92 bits per heavy atom. The first-order valence-corrected chi connectivity index (χ1v) is 10.4. The number of fused-ring (bicyclic) bond motifs is 1. The van der Waals surface area contributed by atoms with Crippen LogP contribution in [0.3, 0.4) is 0 Å². The van der Waals surface area contributed by atoms with Crippen LogP contribution in [0.4, 0.5) is 5.82 Å². The number of imidazole rings is 1. The molecular formula is C16H15ClIN5O2S. The highest BCUT2D eigenvalue weighted by atomic mass is 127. The van der Waals surface area contributed by atoms with Crippen molar-refractivity contribution in [1.82, 2.24) is 19.5 Å². The molecule has 0 amide bonds. The van der Waals surface area contributed by atoms with E-state index in [0.717, 1.165) is 9.13 Å². The van der Waals surface area contributed by atoms with Gasteiger partial charge < -0.3 is 15.5 Å². The summed E-state index contributed by atoms with van der Waals surface area (Å²) in [5, 5.41) is 23.0. The predicted octanol–water partition coefficient (Wildman–Crippen LogP) is 2.66. The van der Waals surface area contributed by atoms with E-state index in [-0.39, 0.29) is 10.7 Å². The third-order valence-electron chi connectivity index (χ3n) is 4.14. The van der Waals surface area contributed by atoms with Crippen LogP contribution in [0.5, 0.6) is 0 Å². The lowest BCUT2D eigenvalue weighted by Crippen LogP contribution is -2.27. The minimum Gasteiger partial charge on any atom is -0.389 e. The van der Waals surface area contributed by atoms with Crippen LogP contribution < -0.4 is 5.32 Å². The van der Waals surface area contributed by atoms with E-state index in [0.29, 0.717) is 29.3 Å². The van der Waals surface area contributed by atoms with E-state index in [9.17, 15) is 10.2 Å². The molecule has 0 saturated carbocycles. The van der Waals surface area contributed by atoms with Gasteiger partial charge in [-0.1, -0.05) is 12.1 Å². The van der Waals surface area contributed by atoms with Crippen molar-refractivity contribution in [1.29, 1.82) is 0 Å².